The van der Waals surface area contributed by atoms with Crippen molar-refractivity contribution in [3.05, 3.63) is 53.6 Å². The number of aryl methyl sites for hydroxylation is 2. The van der Waals surface area contributed by atoms with Gasteiger partial charge in [0.25, 0.3) is 0 Å². The van der Waals surface area contributed by atoms with E-state index in [0.717, 1.165) is 18.8 Å². The largest absolute Gasteiger partial charge is 0.332 e. The fourth-order valence-electron chi connectivity index (χ4n) is 2.60. The topological polar surface area (TPSA) is 17.8 Å². The summed E-state index contributed by atoms with van der Waals surface area (Å²) < 4.78 is 2.36. The highest BCUT2D eigenvalue weighted by Gasteiger charge is 2.20. The van der Waals surface area contributed by atoms with E-state index in [1.54, 1.807) is 0 Å². The van der Waals surface area contributed by atoms with Crippen molar-refractivity contribution < 1.29 is 0 Å². The molecule has 1 aliphatic heterocycles. The first-order valence-corrected chi connectivity index (χ1v) is 5.90. The molecule has 0 fully saturated rings. The Labute approximate surface area is 95.9 Å². The second kappa shape index (κ2) is 3.78. The molecule has 2 aromatic rings. The standard InChI is InChI=1S/C14H16N2/c1-11-15-9-14-8-7-13(10-16(11)14)12-5-3-2-4-6-12/h2-6,9,13H,7-8,10H2,1H3. The van der Waals surface area contributed by atoms with E-state index in [0.29, 0.717) is 5.92 Å². The van der Waals surface area contributed by atoms with Crippen molar-refractivity contribution in [2.75, 3.05) is 0 Å². The lowest BCUT2D eigenvalue weighted by Gasteiger charge is -2.25. The molecule has 1 unspecified atom stereocenters. The summed E-state index contributed by atoms with van der Waals surface area (Å²) in [6.07, 6.45) is 4.42. The van der Waals surface area contributed by atoms with Gasteiger partial charge in [0.2, 0.25) is 0 Å². The summed E-state index contributed by atoms with van der Waals surface area (Å²) in [6, 6.07) is 10.8. The van der Waals surface area contributed by atoms with Gasteiger partial charge in [0.15, 0.2) is 0 Å². The molecule has 82 valence electrons. The van der Waals surface area contributed by atoms with Crippen LogP contribution in [0.15, 0.2) is 36.5 Å². The maximum absolute atomic E-state index is 4.39. The van der Waals surface area contributed by atoms with Crippen molar-refractivity contribution in [2.45, 2.75) is 32.2 Å². The molecule has 0 amide bonds. The first kappa shape index (κ1) is 9.64. The van der Waals surface area contributed by atoms with E-state index in [9.17, 15) is 0 Å². The third-order valence-corrected chi connectivity index (χ3v) is 3.56. The zero-order chi connectivity index (χ0) is 11.0. The second-order valence-corrected chi connectivity index (χ2v) is 4.55. The van der Waals surface area contributed by atoms with E-state index in [2.05, 4.69) is 46.8 Å². The lowest BCUT2D eigenvalue weighted by atomic mass is 9.91. The van der Waals surface area contributed by atoms with Gasteiger partial charge in [0, 0.05) is 24.4 Å². The summed E-state index contributed by atoms with van der Waals surface area (Å²) in [5.41, 5.74) is 2.85. The molecule has 1 aliphatic rings. The fraction of sp³-hybridized carbons (Fsp3) is 0.357. The van der Waals surface area contributed by atoms with Crippen LogP contribution in [-0.4, -0.2) is 9.55 Å². The molecule has 1 aromatic heterocycles. The van der Waals surface area contributed by atoms with E-state index >= 15 is 0 Å². The van der Waals surface area contributed by atoms with Crippen LogP contribution in [0.4, 0.5) is 0 Å². The molecule has 0 aliphatic carbocycles. The van der Waals surface area contributed by atoms with Crippen LogP contribution in [-0.2, 0) is 13.0 Å². The highest BCUT2D eigenvalue weighted by atomic mass is 15.1. The van der Waals surface area contributed by atoms with Gasteiger partial charge in [-0.3, -0.25) is 0 Å². The molecule has 0 saturated carbocycles. The molecule has 16 heavy (non-hydrogen) atoms. The van der Waals surface area contributed by atoms with Crippen molar-refractivity contribution in [3.8, 4) is 0 Å². The molecular formula is C14H16N2. The minimum Gasteiger partial charge on any atom is -0.332 e. The van der Waals surface area contributed by atoms with E-state index in [1.807, 2.05) is 6.20 Å². The Balaban J connectivity index is 1.90. The van der Waals surface area contributed by atoms with Crippen LogP contribution in [0.2, 0.25) is 0 Å². The minimum absolute atomic E-state index is 0.654. The van der Waals surface area contributed by atoms with Crippen molar-refractivity contribution in [3.63, 3.8) is 0 Å². The summed E-state index contributed by atoms with van der Waals surface area (Å²) in [4.78, 5) is 4.39. The summed E-state index contributed by atoms with van der Waals surface area (Å²) in [7, 11) is 0. The van der Waals surface area contributed by atoms with Crippen molar-refractivity contribution >= 4 is 0 Å². The molecule has 0 saturated heterocycles. The molecule has 0 spiro atoms. The van der Waals surface area contributed by atoms with Crippen LogP contribution in [0.1, 0.15) is 29.4 Å². The van der Waals surface area contributed by atoms with Crippen molar-refractivity contribution in [1.82, 2.24) is 9.55 Å². The van der Waals surface area contributed by atoms with Crippen molar-refractivity contribution in [2.24, 2.45) is 0 Å². The Morgan fingerprint density at radius 3 is 2.88 bits per heavy atom. The number of imidazole rings is 1. The van der Waals surface area contributed by atoms with Crippen LogP contribution in [0.25, 0.3) is 0 Å². The third-order valence-electron chi connectivity index (χ3n) is 3.56. The number of rotatable bonds is 1. The Bertz CT molecular complexity index is 485. The van der Waals surface area contributed by atoms with Gasteiger partial charge in [-0.25, -0.2) is 4.98 Å². The molecule has 3 rings (SSSR count). The molecule has 0 bridgehead atoms. The summed E-state index contributed by atoms with van der Waals surface area (Å²) in [6.45, 7) is 3.18. The van der Waals surface area contributed by atoms with Crippen LogP contribution in [0.5, 0.6) is 0 Å². The zero-order valence-electron chi connectivity index (χ0n) is 9.56. The predicted molar refractivity (Wildman–Crippen MR) is 64.5 cm³/mol. The SMILES string of the molecule is Cc1ncc2n1CC(c1ccccc1)CC2. The van der Waals surface area contributed by atoms with E-state index in [-0.39, 0.29) is 0 Å². The molecule has 0 N–H and O–H groups in total. The first-order chi connectivity index (χ1) is 7.84. The number of hydrogen-bond acceptors (Lipinski definition) is 1. The minimum atomic E-state index is 0.654. The van der Waals surface area contributed by atoms with Crippen LogP contribution >= 0.6 is 0 Å². The molecule has 1 aromatic carbocycles. The molecular weight excluding hydrogens is 196 g/mol. The van der Waals surface area contributed by atoms with Gasteiger partial charge in [-0.05, 0) is 25.3 Å². The maximum Gasteiger partial charge on any atom is 0.105 e. The van der Waals surface area contributed by atoms with Gasteiger partial charge in [-0.15, -0.1) is 0 Å². The van der Waals surface area contributed by atoms with Crippen LogP contribution in [0.3, 0.4) is 0 Å². The van der Waals surface area contributed by atoms with Gasteiger partial charge in [-0.1, -0.05) is 30.3 Å². The normalized spacial score (nSPS) is 19.4. The van der Waals surface area contributed by atoms with Gasteiger partial charge >= 0.3 is 0 Å². The summed E-state index contributed by atoms with van der Waals surface area (Å²) in [5, 5.41) is 0. The predicted octanol–water partition coefficient (Wildman–Crippen LogP) is 2.92. The average Bonchev–Trinajstić information content (AvgIpc) is 2.72. The van der Waals surface area contributed by atoms with Crippen LogP contribution < -0.4 is 0 Å². The first-order valence-electron chi connectivity index (χ1n) is 5.90. The Kier molecular flexibility index (Phi) is 2.28. The highest BCUT2D eigenvalue weighted by Crippen LogP contribution is 2.29. The van der Waals surface area contributed by atoms with Gasteiger partial charge in [-0.2, -0.15) is 0 Å². The summed E-state index contributed by atoms with van der Waals surface area (Å²) >= 11 is 0. The molecule has 2 heterocycles. The highest BCUT2D eigenvalue weighted by molar-refractivity contribution is 5.22. The number of aromatic nitrogens is 2. The lowest BCUT2D eigenvalue weighted by molar-refractivity contribution is 0.456. The molecule has 1 atom stereocenters. The van der Waals surface area contributed by atoms with Gasteiger partial charge < -0.3 is 4.57 Å². The number of nitrogens with zero attached hydrogens (tertiary/aromatic N) is 2. The number of fused-ring (bicyclic) bond motifs is 1. The Hall–Kier alpha value is -1.57. The fourth-order valence-corrected chi connectivity index (χ4v) is 2.60. The van der Waals surface area contributed by atoms with Crippen molar-refractivity contribution in [1.29, 1.82) is 0 Å². The smallest absolute Gasteiger partial charge is 0.105 e. The van der Waals surface area contributed by atoms with E-state index < -0.39 is 0 Å². The van der Waals surface area contributed by atoms with E-state index in [4.69, 9.17) is 0 Å². The second-order valence-electron chi connectivity index (χ2n) is 4.55. The quantitative estimate of drug-likeness (QED) is 0.710. The van der Waals surface area contributed by atoms with Gasteiger partial charge in [0.05, 0.1) is 0 Å². The Morgan fingerprint density at radius 2 is 2.06 bits per heavy atom. The maximum atomic E-state index is 4.39. The number of hydrogen-bond donors (Lipinski definition) is 0. The van der Waals surface area contributed by atoms with Gasteiger partial charge in [0.1, 0.15) is 5.82 Å². The third kappa shape index (κ3) is 1.54. The lowest BCUT2D eigenvalue weighted by Crippen LogP contribution is -2.19. The number of benzene rings is 1. The zero-order valence-corrected chi connectivity index (χ0v) is 9.56. The molecule has 2 nitrogen and oxygen atoms in total. The van der Waals surface area contributed by atoms with Crippen LogP contribution in [0, 0.1) is 6.92 Å². The summed E-state index contributed by atoms with van der Waals surface area (Å²) in [5.74, 6) is 1.80. The Morgan fingerprint density at radius 1 is 1.25 bits per heavy atom. The monoisotopic (exact) mass is 212 g/mol. The molecule has 0 radical (unpaired) electrons. The average molecular weight is 212 g/mol. The van der Waals surface area contributed by atoms with E-state index in [1.165, 1.54) is 17.7 Å². The molecule has 2 heteroatoms.